The molecule has 0 aliphatic rings. The van der Waals surface area contributed by atoms with E-state index in [1.165, 1.54) is 5.56 Å². The van der Waals surface area contributed by atoms with Crippen molar-refractivity contribution in [2.24, 2.45) is 4.99 Å². The third-order valence-corrected chi connectivity index (χ3v) is 3.36. The van der Waals surface area contributed by atoms with E-state index in [0.717, 1.165) is 36.0 Å². The monoisotopic (exact) mass is 301 g/mol. The summed E-state index contributed by atoms with van der Waals surface area (Å²) in [5.41, 5.74) is 2.28. The summed E-state index contributed by atoms with van der Waals surface area (Å²) in [5.74, 6) is 2.61. The van der Waals surface area contributed by atoms with Crippen LogP contribution in [0.3, 0.4) is 0 Å². The second-order valence-corrected chi connectivity index (χ2v) is 5.00. The number of hydrogen-bond donors (Lipinski definition) is 2. The van der Waals surface area contributed by atoms with Gasteiger partial charge in [-0.1, -0.05) is 12.1 Å². The largest absolute Gasteiger partial charge is 0.496 e. The highest BCUT2D eigenvalue weighted by Crippen LogP contribution is 2.19. The van der Waals surface area contributed by atoms with E-state index in [9.17, 15) is 0 Å². The van der Waals surface area contributed by atoms with Crippen LogP contribution in [0.25, 0.3) is 0 Å². The molecular weight excluding hydrogens is 278 g/mol. The molecule has 0 atom stereocenters. The van der Waals surface area contributed by atoms with E-state index in [1.807, 2.05) is 18.2 Å². The Kier molecular flexibility index (Phi) is 5.89. The van der Waals surface area contributed by atoms with Gasteiger partial charge in [0.2, 0.25) is 0 Å². The normalized spacial score (nSPS) is 11.3. The Balaban J connectivity index is 1.83. The van der Waals surface area contributed by atoms with Gasteiger partial charge in [0.05, 0.1) is 13.4 Å². The molecule has 0 radical (unpaired) electrons. The van der Waals surface area contributed by atoms with Crippen molar-refractivity contribution < 1.29 is 9.15 Å². The van der Waals surface area contributed by atoms with Crippen LogP contribution in [0.5, 0.6) is 5.75 Å². The van der Waals surface area contributed by atoms with Crippen LogP contribution in [0.2, 0.25) is 0 Å². The molecule has 0 spiro atoms. The van der Waals surface area contributed by atoms with Crippen LogP contribution in [-0.4, -0.2) is 26.7 Å². The average molecular weight is 301 g/mol. The molecule has 1 heterocycles. The third-order valence-electron chi connectivity index (χ3n) is 3.36. The summed E-state index contributed by atoms with van der Waals surface area (Å²) < 4.78 is 10.7. The molecule has 0 aliphatic carbocycles. The smallest absolute Gasteiger partial charge is 0.191 e. The molecule has 5 nitrogen and oxygen atoms in total. The molecule has 5 heteroatoms. The Hall–Kier alpha value is -2.43. The number of benzene rings is 1. The fraction of sp³-hybridized carbons (Fsp3) is 0.353. The van der Waals surface area contributed by atoms with Crippen molar-refractivity contribution >= 4 is 5.96 Å². The number of nitrogens with zero attached hydrogens (tertiary/aromatic N) is 1. The van der Waals surface area contributed by atoms with Crippen molar-refractivity contribution in [2.75, 3.05) is 20.7 Å². The molecule has 0 saturated heterocycles. The molecule has 0 amide bonds. The number of guanidine groups is 1. The van der Waals surface area contributed by atoms with Gasteiger partial charge in [0.15, 0.2) is 5.96 Å². The van der Waals surface area contributed by atoms with E-state index in [-0.39, 0.29) is 0 Å². The molecule has 2 rings (SSSR count). The number of rotatable bonds is 6. The standard InChI is InChI=1S/C17H23N3O2/c1-13-6-7-14(16(11-13)21-3)12-20-17(18-2)19-9-8-15-5-4-10-22-15/h4-7,10-11H,8-9,12H2,1-3H3,(H2,18,19,20). The lowest BCUT2D eigenvalue weighted by molar-refractivity contribution is 0.408. The van der Waals surface area contributed by atoms with Gasteiger partial charge in [-0.25, -0.2) is 0 Å². The van der Waals surface area contributed by atoms with Gasteiger partial charge in [-0.05, 0) is 30.7 Å². The lowest BCUT2D eigenvalue weighted by Crippen LogP contribution is -2.37. The predicted octanol–water partition coefficient (Wildman–Crippen LogP) is 2.50. The second kappa shape index (κ2) is 8.12. The summed E-state index contributed by atoms with van der Waals surface area (Å²) in [6.07, 6.45) is 2.51. The summed E-state index contributed by atoms with van der Waals surface area (Å²) >= 11 is 0. The molecular formula is C17H23N3O2. The minimum atomic E-state index is 0.657. The summed E-state index contributed by atoms with van der Waals surface area (Å²) in [7, 11) is 3.45. The first-order valence-corrected chi connectivity index (χ1v) is 7.33. The van der Waals surface area contributed by atoms with Gasteiger partial charge in [-0.3, -0.25) is 4.99 Å². The van der Waals surface area contributed by atoms with Crippen molar-refractivity contribution in [1.82, 2.24) is 10.6 Å². The average Bonchev–Trinajstić information content (AvgIpc) is 3.04. The number of ether oxygens (including phenoxy) is 1. The highest BCUT2D eigenvalue weighted by molar-refractivity contribution is 5.79. The van der Waals surface area contributed by atoms with Crippen molar-refractivity contribution in [1.29, 1.82) is 0 Å². The number of hydrogen-bond acceptors (Lipinski definition) is 3. The van der Waals surface area contributed by atoms with Gasteiger partial charge in [0.25, 0.3) is 0 Å². The van der Waals surface area contributed by atoms with Crippen LogP contribution in [0.1, 0.15) is 16.9 Å². The van der Waals surface area contributed by atoms with Crippen LogP contribution in [0.4, 0.5) is 0 Å². The lowest BCUT2D eigenvalue weighted by atomic mass is 10.1. The van der Waals surface area contributed by atoms with Gasteiger partial charge >= 0.3 is 0 Å². The topological polar surface area (TPSA) is 58.8 Å². The van der Waals surface area contributed by atoms with E-state index in [1.54, 1.807) is 20.4 Å². The first-order valence-electron chi connectivity index (χ1n) is 7.33. The molecule has 0 fully saturated rings. The zero-order valence-electron chi connectivity index (χ0n) is 13.3. The summed E-state index contributed by atoms with van der Waals surface area (Å²) in [5, 5.41) is 6.55. The molecule has 22 heavy (non-hydrogen) atoms. The summed E-state index contributed by atoms with van der Waals surface area (Å²) in [6.45, 7) is 3.47. The molecule has 0 bridgehead atoms. The molecule has 0 unspecified atom stereocenters. The van der Waals surface area contributed by atoms with E-state index < -0.39 is 0 Å². The molecule has 118 valence electrons. The molecule has 2 aromatic rings. The zero-order valence-corrected chi connectivity index (χ0v) is 13.3. The van der Waals surface area contributed by atoms with Crippen molar-refractivity contribution in [2.45, 2.75) is 19.9 Å². The predicted molar refractivity (Wildman–Crippen MR) is 88.3 cm³/mol. The van der Waals surface area contributed by atoms with Gasteiger partial charge < -0.3 is 19.8 Å². The van der Waals surface area contributed by atoms with Crippen molar-refractivity contribution in [3.05, 3.63) is 53.5 Å². The Morgan fingerprint density at radius 1 is 1.27 bits per heavy atom. The van der Waals surface area contributed by atoms with E-state index in [4.69, 9.17) is 9.15 Å². The third kappa shape index (κ3) is 4.55. The fourth-order valence-corrected chi connectivity index (χ4v) is 2.16. The zero-order chi connectivity index (χ0) is 15.8. The summed E-state index contributed by atoms with van der Waals surface area (Å²) in [6, 6.07) is 10.0. The quantitative estimate of drug-likeness (QED) is 0.636. The van der Waals surface area contributed by atoms with Gasteiger partial charge in [-0.2, -0.15) is 0 Å². The van der Waals surface area contributed by atoms with Crippen LogP contribution in [0, 0.1) is 6.92 Å². The molecule has 1 aromatic carbocycles. The molecule has 2 N–H and O–H groups in total. The second-order valence-electron chi connectivity index (χ2n) is 5.00. The fourth-order valence-electron chi connectivity index (χ4n) is 2.16. The first kappa shape index (κ1) is 15.9. The Labute approximate surface area is 131 Å². The van der Waals surface area contributed by atoms with E-state index in [0.29, 0.717) is 6.54 Å². The maximum atomic E-state index is 5.41. The first-order chi connectivity index (χ1) is 10.7. The maximum Gasteiger partial charge on any atom is 0.191 e. The Morgan fingerprint density at radius 2 is 2.14 bits per heavy atom. The lowest BCUT2D eigenvalue weighted by Gasteiger charge is -2.14. The Morgan fingerprint density at radius 3 is 2.82 bits per heavy atom. The molecule has 1 aromatic heterocycles. The van der Waals surface area contributed by atoms with Crippen molar-refractivity contribution in [3.8, 4) is 5.75 Å². The Bertz CT molecular complexity index is 606. The highest BCUT2D eigenvalue weighted by atomic mass is 16.5. The van der Waals surface area contributed by atoms with Crippen LogP contribution in [0.15, 0.2) is 46.0 Å². The minimum Gasteiger partial charge on any atom is -0.496 e. The maximum absolute atomic E-state index is 5.41. The number of methoxy groups -OCH3 is 1. The van der Waals surface area contributed by atoms with Crippen LogP contribution < -0.4 is 15.4 Å². The van der Waals surface area contributed by atoms with Crippen LogP contribution >= 0.6 is 0 Å². The van der Waals surface area contributed by atoms with Gasteiger partial charge in [0, 0.05) is 32.1 Å². The minimum absolute atomic E-state index is 0.657. The number of nitrogens with one attached hydrogen (secondary N) is 2. The van der Waals surface area contributed by atoms with E-state index >= 15 is 0 Å². The number of furan rings is 1. The van der Waals surface area contributed by atoms with Crippen molar-refractivity contribution in [3.63, 3.8) is 0 Å². The van der Waals surface area contributed by atoms with Crippen LogP contribution in [-0.2, 0) is 13.0 Å². The number of aryl methyl sites for hydroxylation is 1. The van der Waals surface area contributed by atoms with Gasteiger partial charge in [-0.15, -0.1) is 0 Å². The summed E-state index contributed by atoms with van der Waals surface area (Å²) in [4.78, 5) is 4.22. The number of aliphatic imine (C=N–C) groups is 1. The highest BCUT2D eigenvalue weighted by Gasteiger charge is 2.05. The molecule has 0 saturated carbocycles. The van der Waals surface area contributed by atoms with Gasteiger partial charge in [0.1, 0.15) is 11.5 Å². The SMILES string of the molecule is CN=C(NCCc1ccco1)NCc1ccc(C)cc1OC. The molecule has 0 aliphatic heterocycles. The van der Waals surface area contributed by atoms with E-state index in [2.05, 4.69) is 34.7 Å².